The number of hydrogen-bond donors (Lipinski definition) is 1. The van der Waals surface area contributed by atoms with E-state index >= 15 is 0 Å². The van der Waals surface area contributed by atoms with Gasteiger partial charge in [-0.1, -0.05) is 43.3 Å². The molecule has 0 amide bonds. The Bertz CT molecular complexity index is 900. The Labute approximate surface area is 170 Å². The maximum absolute atomic E-state index is 11.6. The largest absolute Gasteiger partial charge is 0.487 e. The molecule has 2 aromatic rings. The summed E-state index contributed by atoms with van der Waals surface area (Å²) in [4.78, 5) is 13.6. The number of nitrogens with one attached hydrogen (secondary N) is 1. The number of nitrogens with zero attached hydrogens (tertiary/aromatic N) is 3. The van der Waals surface area contributed by atoms with E-state index in [2.05, 4.69) is 39.7 Å². The zero-order valence-corrected chi connectivity index (χ0v) is 16.6. The van der Waals surface area contributed by atoms with Crippen LogP contribution in [0.5, 0.6) is 5.75 Å². The first-order chi connectivity index (χ1) is 14.2. The molecule has 2 aromatic carbocycles. The number of likely N-dealkylation sites (tertiary alicyclic amines) is 1. The number of hydrogen-bond acceptors (Lipinski definition) is 6. The molecule has 1 N–H and O–H groups in total. The van der Waals surface area contributed by atoms with E-state index in [1.807, 2.05) is 19.1 Å². The van der Waals surface area contributed by atoms with E-state index < -0.39 is 0 Å². The molecule has 29 heavy (non-hydrogen) atoms. The molecule has 0 aromatic heterocycles. The SMILES string of the molecule is CCCOc1ccc(C2NN=C3CCN(Cc4ccccc4)CC32)cc1[N+](=O)[O-]. The lowest BCUT2D eigenvalue weighted by Crippen LogP contribution is -2.41. The molecule has 2 heterocycles. The van der Waals surface area contributed by atoms with Crippen LogP contribution in [0.25, 0.3) is 0 Å². The number of nitro benzene ring substituents is 1. The molecular weight excluding hydrogens is 368 g/mol. The third-order valence-corrected chi connectivity index (χ3v) is 5.57. The zero-order chi connectivity index (χ0) is 20.2. The lowest BCUT2D eigenvalue weighted by molar-refractivity contribution is -0.385. The first kappa shape index (κ1) is 19.4. The van der Waals surface area contributed by atoms with E-state index in [0.717, 1.165) is 43.8 Å². The fourth-order valence-corrected chi connectivity index (χ4v) is 4.11. The zero-order valence-electron chi connectivity index (χ0n) is 16.6. The number of nitro groups is 1. The van der Waals surface area contributed by atoms with Crippen LogP contribution in [0.3, 0.4) is 0 Å². The fourth-order valence-electron chi connectivity index (χ4n) is 4.11. The van der Waals surface area contributed by atoms with Crippen molar-refractivity contribution in [1.29, 1.82) is 0 Å². The van der Waals surface area contributed by atoms with Gasteiger partial charge in [-0.2, -0.15) is 5.10 Å². The molecule has 0 radical (unpaired) electrons. The van der Waals surface area contributed by atoms with Crippen molar-refractivity contribution in [2.75, 3.05) is 19.7 Å². The van der Waals surface area contributed by atoms with Gasteiger partial charge in [0.15, 0.2) is 5.75 Å². The average Bonchev–Trinajstić information content (AvgIpc) is 3.16. The summed E-state index contributed by atoms with van der Waals surface area (Å²) in [5.41, 5.74) is 6.58. The highest BCUT2D eigenvalue weighted by Gasteiger charge is 2.37. The third kappa shape index (κ3) is 4.24. The molecule has 2 aliphatic heterocycles. The predicted molar refractivity (Wildman–Crippen MR) is 112 cm³/mol. The van der Waals surface area contributed by atoms with Gasteiger partial charge in [-0.05, 0) is 23.6 Å². The summed E-state index contributed by atoms with van der Waals surface area (Å²) in [6, 6.07) is 15.7. The molecular formula is C22H26N4O3. The molecule has 0 bridgehead atoms. The molecule has 0 aliphatic carbocycles. The minimum atomic E-state index is -0.367. The number of hydrazone groups is 1. The molecule has 2 aliphatic rings. The van der Waals surface area contributed by atoms with Crippen LogP contribution in [0.2, 0.25) is 0 Å². The van der Waals surface area contributed by atoms with Crippen molar-refractivity contribution in [3.63, 3.8) is 0 Å². The van der Waals surface area contributed by atoms with E-state index in [1.165, 1.54) is 5.56 Å². The van der Waals surface area contributed by atoms with Gasteiger partial charge in [0.2, 0.25) is 0 Å². The van der Waals surface area contributed by atoms with Gasteiger partial charge < -0.3 is 10.2 Å². The average molecular weight is 394 g/mol. The van der Waals surface area contributed by atoms with Crippen LogP contribution in [0.4, 0.5) is 5.69 Å². The Kier molecular flexibility index (Phi) is 5.76. The second-order valence-corrected chi connectivity index (χ2v) is 7.62. The lowest BCUT2D eigenvalue weighted by atomic mass is 9.86. The molecule has 1 saturated heterocycles. The minimum Gasteiger partial charge on any atom is -0.487 e. The van der Waals surface area contributed by atoms with Crippen LogP contribution in [0, 0.1) is 16.0 Å². The van der Waals surface area contributed by atoms with E-state index in [9.17, 15) is 10.1 Å². The predicted octanol–water partition coefficient (Wildman–Crippen LogP) is 3.91. The van der Waals surface area contributed by atoms with Crippen LogP contribution >= 0.6 is 0 Å². The minimum absolute atomic E-state index is 0.0168. The second-order valence-electron chi connectivity index (χ2n) is 7.62. The van der Waals surface area contributed by atoms with Gasteiger partial charge in [0.05, 0.1) is 17.6 Å². The summed E-state index contributed by atoms with van der Waals surface area (Å²) in [7, 11) is 0. The smallest absolute Gasteiger partial charge is 0.311 e. The van der Waals surface area contributed by atoms with Crippen LogP contribution in [-0.2, 0) is 6.54 Å². The normalized spacial score (nSPS) is 21.2. The summed E-state index contributed by atoms with van der Waals surface area (Å²) in [6.45, 7) is 5.20. The summed E-state index contributed by atoms with van der Waals surface area (Å²) in [6.07, 6.45) is 1.72. The topological polar surface area (TPSA) is 80.0 Å². The van der Waals surface area contributed by atoms with Gasteiger partial charge in [0, 0.05) is 43.8 Å². The van der Waals surface area contributed by atoms with Crippen molar-refractivity contribution in [1.82, 2.24) is 10.3 Å². The molecule has 4 rings (SSSR count). The van der Waals surface area contributed by atoms with Gasteiger partial charge in [0.1, 0.15) is 0 Å². The lowest BCUT2D eigenvalue weighted by Gasteiger charge is -2.33. The van der Waals surface area contributed by atoms with Crippen molar-refractivity contribution >= 4 is 11.4 Å². The monoisotopic (exact) mass is 394 g/mol. The van der Waals surface area contributed by atoms with Crippen molar-refractivity contribution in [3.8, 4) is 5.75 Å². The number of benzene rings is 2. The van der Waals surface area contributed by atoms with Gasteiger partial charge in [-0.15, -0.1) is 0 Å². The summed E-state index contributed by atoms with van der Waals surface area (Å²) in [5.74, 6) is 0.545. The fraction of sp³-hybridized carbons (Fsp3) is 0.409. The highest BCUT2D eigenvalue weighted by Crippen LogP contribution is 2.37. The van der Waals surface area contributed by atoms with Crippen LogP contribution in [0.15, 0.2) is 53.6 Å². The standard InChI is InChI=1S/C22H26N4O3/c1-2-12-29-21-9-8-17(13-20(21)26(27)28)22-18-15-25(11-10-19(18)23-24-22)14-16-6-4-3-5-7-16/h3-9,13,18,22,24H,2,10-12,14-15H2,1H3. The van der Waals surface area contributed by atoms with Crippen LogP contribution in [-0.4, -0.2) is 35.2 Å². The first-order valence-electron chi connectivity index (χ1n) is 10.1. The second kappa shape index (κ2) is 8.61. The molecule has 1 fully saturated rings. The summed E-state index contributed by atoms with van der Waals surface area (Å²) < 4.78 is 5.56. The summed E-state index contributed by atoms with van der Waals surface area (Å²) in [5, 5.41) is 16.1. The van der Waals surface area contributed by atoms with Gasteiger partial charge in [-0.25, -0.2) is 0 Å². The maximum Gasteiger partial charge on any atom is 0.311 e. The maximum atomic E-state index is 11.6. The highest BCUT2D eigenvalue weighted by atomic mass is 16.6. The van der Waals surface area contributed by atoms with Crippen molar-refractivity contribution < 1.29 is 9.66 Å². The molecule has 152 valence electrons. The highest BCUT2D eigenvalue weighted by molar-refractivity contribution is 5.90. The van der Waals surface area contributed by atoms with E-state index in [0.29, 0.717) is 12.4 Å². The molecule has 2 atom stereocenters. The Hall–Kier alpha value is -2.93. The molecule has 0 spiro atoms. The number of ether oxygens (including phenoxy) is 1. The Balaban J connectivity index is 1.52. The Morgan fingerprint density at radius 3 is 2.86 bits per heavy atom. The molecule has 7 heteroatoms. The number of piperidine rings is 1. The molecule has 7 nitrogen and oxygen atoms in total. The van der Waals surface area contributed by atoms with Crippen molar-refractivity contribution in [2.45, 2.75) is 32.4 Å². The Morgan fingerprint density at radius 2 is 2.10 bits per heavy atom. The van der Waals surface area contributed by atoms with E-state index in [-0.39, 0.29) is 22.6 Å². The van der Waals surface area contributed by atoms with E-state index in [4.69, 9.17) is 4.74 Å². The van der Waals surface area contributed by atoms with Crippen LogP contribution in [0.1, 0.15) is 36.9 Å². The molecule has 0 saturated carbocycles. The van der Waals surface area contributed by atoms with Crippen molar-refractivity contribution in [2.24, 2.45) is 11.0 Å². The third-order valence-electron chi connectivity index (χ3n) is 5.57. The van der Waals surface area contributed by atoms with Gasteiger partial charge in [0.25, 0.3) is 0 Å². The van der Waals surface area contributed by atoms with Gasteiger partial charge in [-0.3, -0.25) is 15.0 Å². The Morgan fingerprint density at radius 1 is 1.28 bits per heavy atom. The number of fused-ring (bicyclic) bond motifs is 1. The quantitative estimate of drug-likeness (QED) is 0.569. The number of rotatable bonds is 7. The first-order valence-corrected chi connectivity index (χ1v) is 10.1. The molecule has 2 unspecified atom stereocenters. The van der Waals surface area contributed by atoms with Crippen LogP contribution < -0.4 is 10.2 Å². The van der Waals surface area contributed by atoms with E-state index in [1.54, 1.807) is 12.1 Å². The van der Waals surface area contributed by atoms with Crippen molar-refractivity contribution in [3.05, 3.63) is 69.8 Å². The summed E-state index contributed by atoms with van der Waals surface area (Å²) >= 11 is 0. The van der Waals surface area contributed by atoms with Gasteiger partial charge >= 0.3 is 5.69 Å².